The molecular formula is C13H21ClOSi. The van der Waals surface area contributed by atoms with Crippen LogP contribution < -0.4 is 4.43 Å². The summed E-state index contributed by atoms with van der Waals surface area (Å²) in [7, 11) is -1.56. The summed E-state index contributed by atoms with van der Waals surface area (Å²) < 4.78 is 6.33. The van der Waals surface area contributed by atoms with Crippen LogP contribution in [0.15, 0.2) is 24.3 Å². The van der Waals surface area contributed by atoms with Crippen molar-refractivity contribution in [2.45, 2.75) is 44.8 Å². The quantitative estimate of drug-likeness (QED) is 0.524. The minimum Gasteiger partial charge on any atom is -0.543 e. The number of hydrogen-bond acceptors (Lipinski definition) is 1. The molecule has 0 saturated carbocycles. The molecule has 0 N–H and O–H groups in total. The van der Waals surface area contributed by atoms with Gasteiger partial charge in [-0.3, -0.25) is 0 Å². The Labute approximate surface area is 105 Å². The maximum atomic E-state index is 6.33. The molecule has 0 bridgehead atoms. The van der Waals surface area contributed by atoms with Crippen LogP contribution in [-0.2, 0) is 5.88 Å². The number of para-hydroxylation sites is 1. The van der Waals surface area contributed by atoms with Gasteiger partial charge in [-0.15, -0.1) is 11.6 Å². The second-order valence-electron chi connectivity index (χ2n) is 4.09. The molecule has 0 saturated heterocycles. The van der Waals surface area contributed by atoms with Crippen LogP contribution in [0.1, 0.15) is 26.3 Å². The zero-order chi connectivity index (χ0) is 12.0. The summed E-state index contributed by atoms with van der Waals surface area (Å²) >= 11 is 5.93. The lowest BCUT2D eigenvalue weighted by molar-refractivity contribution is 0.527. The van der Waals surface area contributed by atoms with Crippen molar-refractivity contribution >= 4 is 19.9 Å². The summed E-state index contributed by atoms with van der Waals surface area (Å²) in [5.41, 5.74) is 1.11. The van der Waals surface area contributed by atoms with E-state index in [1.165, 1.54) is 0 Å². The average Bonchev–Trinajstić information content (AvgIpc) is 2.36. The lowest BCUT2D eigenvalue weighted by Gasteiger charge is -2.29. The third-order valence-corrected chi connectivity index (χ3v) is 8.18. The van der Waals surface area contributed by atoms with E-state index in [4.69, 9.17) is 16.0 Å². The van der Waals surface area contributed by atoms with E-state index in [1.54, 1.807) is 0 Å². The van der Waals surface area contributed by atoms with Gasteiger partial charge in [-0.05, 0) is 24.2 Å². The second kappa shape index (κ2) is 6.31. The number of halogens is 1. The monoisotopic (exact) mass is 256 g/mol. The molecule has 0 unspecified atom stereocenters. The Bertz CT molecular complexity index is 315. The Morgan fingerprint density at radius 2 is 1.62 bits per heavy atom. The van der Waals surface area contributed by atoms with Gasteiger partial charge in [0.15, 0.2) is 0 Å². The molecule has 0 aliphatic carbocycles. The molecule has 0 amide bonds. The van der Waals surface area contributed by atoms with Gasteiger partial charge in [-0.25, -0.2) is 0 Å². The molecule has 0 aliphatic heterocycles. The van der Waals surface area contributed by atoms with Crippen LogP contribution in [0.2, 0.25) is 18.1 Å². The van der Waals surface area contributed by atoms with Crippen LogP contribution in [0.3, 0.4) is 0 Å². The van der Waals surface area contributed by atoms with Gasteiger partial charge in [0.1, 0.15) is 5.75 Å². The molecule has 0 radical (unpaired) electrons. The fourth-order valence-electron chi connectivity index (χ4n) is 1.91. The molecule has 1 aromatic rings. The Balaban J connectivity index is 2.93. The van der Waals surface area contributed by atoms with Crippen LogP contribution in [0.25, 0.3) is 0 Å². The minimum absolute atomic E-state index is 0.526. The van der Waals surface area contributed by atoms with Crippen molar-refractivity contribution in [1.29, 1.82) is 0 Å². The van der Waals surface area contributed by atoms with Crippen molar-refractivity contribution < 1.29 is 4.43 Å². The van der Waals surface area contributed by atoms with Gasteiger partial charge in [-0.1, -0.05) is 39.0 Å². The fraction of sp³-hybridized carbons (Fsp3) is 0.538. The van der Waals surface area contributed by atoms with E-state index in [1.807, 2.05) is 24.3 Å². The normalized spacial score (nSPS) is 11.5. The van der Waals surface area contributed by atoms with Gasteiger partial charge in [-0.2, -0.15) is 0 Å². The van der Waals surface area contributed by atoms with E-state index in [0.29, 0.717) is 5.88 Å². The van der Waals surface area contributed by atoms with Gasteiger partial charge in [0.05, 0.1) is 5.88 Å². The number of benzene rings is 1. The molecule has 0 atom stereocenters. The van der Waals surface area contributed by atoms with Gasteiger partial charge in [0, 0.05) is 5.56 Å². The van der Waals surface area contributed by atoms with E-state index in [-0.39, 0.29) is 0 Å². The first-order chi connectivity index (χ1) is 7.71. The van der Waals surface area contributed by atoms with Crippen molar-refractivity contribution in [2.75, 3.05) is 0 Å². The molecular weight excluding hydrogens is 236 g/mol. The van der Waals surface area contributed by atoms with E-state index < -0.39 is 8.32 Å². The summed E-state index contributed by atoms with van der Waals surface area (Å²) in [4.78, 5) is 0. The first kappa shape index (κ1) is 13.6. The molecule has 3 heteroatoms. The summed E-state index contributed by atoms with van der Waals surface area (Å²) in [5, 5.41) is 0. The standard InChI is InChI=1S/C13H21ClOSi/c1-4-16(5-2,6-3)15-13-10-8-7-9-12(13)11-14/h7-10H,4-6,11H2,1-3H3. The van der Waals surface area contributed by atoms with Crippen LogP contribution in [0, 0.1) is 0 Å². The number of hydrogen-bond donors (Lipinski definition) is 0. The topological polar surface area (TPSA) is 9.23 Å². The highest BCUT2D eigenvalue weighted by molar-refractivity contribution is 6.74. The van der Waals surface area contributed by atoms with Crippen molar-refractivity contribution in [1.82, 2.24) is 0 Å². The Morgan fingerprint density at radius 1 is 1.06 bits per heavy atom. The maximum Gasteiger partial charge on any atom is 0.250 e. The highest BCUT2D eigenvalue weighted by atomic mass is 35.5. The van der Waals surface area contributed by atoms with Gasteiger partial charge >= 0.3 is 0 Å². The van der Waals surface area contributed by atoms with Crippen molar-refractivity contribution in [3.8, 4) is 5.75 Å². The first-order valence-corrected chi connectivity index (χ1v) is 9.10. The molecule has 16 heavy (non-hydrogen) atoms. The molecule has 0 fully saturated rings. The van der Waals surface area contributed by atoms with E-state index in [2.05, 4.69) is 20.8 Å². The second-order valence-corrected chi connectivity index (χ2v) is 9.05. The molecule has 0 heterocycles. The van der Waals surface area contributed by atoms with Crippen LogP contribution >= 0.6 is 11.6 Å². The largest absolute Gasteiger partial charge is 0.543 e. The SMILES string of the molecule is CC[Si](CC)(CC)Oc1ccccc1CCl. The maximum absolute atomic E-state index is 6.33. The molecule has 1 aromatic carbocycles. The Kier molecular flexibility index (Phi) is 5.36. The first-order valence-electron chi connectivity index (χ1n) is 6.04. The molecule has 1 nitrogen and oxygen atoms in total. The predicted molar refractivity (Wildman–Crippen MR) is 73.8 cm³/mol. The lowest BCUT2D eigenvalue weighted by atomic mass is 10.2. The highest BCUT2D eigenvalue weighted by Gasteiger charge is 2.31. The zero-order valence-corrected chi connectivity index (χ0v) is 12.2. The van der Waals surface area contributed by atoms with Crippen LogP contribution in [-0.4, -0.2) is 8.32 Å². The van der Waals surface area contributed by atoms with Gasteiger partial charge in [0.2, 0.25) is 8.32 Å². The highest BCUT2D eigenvalue weighted by Crippen LogP contribution is 2.28. The number of rotatable bonds is 6. The third kappa shape index (κ3) is 3.02. The zero-order valence-electron chi connectivity index (χ0n) is 10.4. The molecule has 0 aliphatic rings. The van der Waals surface area contributed by atoms with Gasteiger partial charge < -0.3 is 4.43 Å². The van der Waals surface area contributed by atoms with E-state index in [9.17, 15) is 0 Å². The van der Waals surface area contributed by atoms with Crippen molar-refractivity contribution in [3.63, 3.8) is 0 Å². The average molecular weight is 257 g/mol. The molecule has 0 aromatic heterocycles. The van der Waals surface area contributed by atoms with E-state index >= 15 is 0 Å². The van der Waals surface area contributed by atoms with Crippen molar-refractivity contribution in [2.24, 2.45) is 0 Å². The number of alkyl halides is 1. The Morgan fingerprint density at radius 3 is 2.12 bits per heavy atom. The lowest BCUT2D eigenvalue weighted by Crippen LogP contribution is -2.39. The smallest absolute Gasteiger partial charge is 0.250 e. The summed E-state index contributed by atoms with van der Waals surface area (Å²) in [5.74, 6) is 1.52. The molecule has 90 valence electrons. The molecule has 0 spiro atoms. The van der Waals surface area contributed by atoms with Crippen molar-refractivity contribution in [3.05, 3.63) is 29.8 Å². The predicted octanol–water partition coefficient (Wildman–Crippen LogP) is 4.81. The Hall–Kier alpha value is -0.473. The van der Waals surface area contributed by atoms with E-state index in [0.717, 1.165) is 29.4 Å². The summed E-state index contributed by atoms with van der Waals surface area (Å²) in [6.07, 6.45) is 0. The van der Waals surface area contributed by atoms with Crippen LogP contribution in [0.5, 0.6) is 5.75 Å². The fourth-order valence-corrected chi connectivity index (χ4v) is 4.73. The van der Waals surface area contributed by atoms with Crippen LogP contribution in [0.4, 0.5) is 0 Å². The summed E-state index contributed by atoms with van der Waals surface area (Å²) in [6.45, 7) is 6.72. The minimum atomic E-state index is -1.56. The van der Waals surface area contributed by atoms with Gasteiger partial charge in [0.25, 0.3) is 0 Å². The summed E-state index contributed by atoms with van der Waals surface area (Å²) in [6, 6.07) is 11.6. The third-order valence-electron chi connectivity index (χ3n) is 3.38. The molecule has 1 rings (SSSR count).